The molecule has 0 atom stereocenters. The molecule has 70 heavy (non-hydrogen) atoms. The van der Waals surface area contributed by atoms with Crippen LogP contribution in [0.25, 0.3) is 83.9 Å². The zero-order valence-electron chi connectivity index (χ0n) is 38.1. The minimum atomic E-state index is -2.88. The number of benzene rings is 10. The maximum Gasteiger partial charge on any atom is 0.179 e. The van der Waals surface area contributed by atoms with Gasteiger partial charge in [-0.05, 0) is 85.5 Å². The summed E-state index contributed by atoms with van der Waals surface area (Å²) in [6.07, 6.45) is 0. The van der Waals surface area contributed by atoms with E-state index in [0.717, 1.165) is 66.4 Å². The van der Waals surface area contributed by atoms with E-state index in [2.05, 4.69) is 217 Å². The smallest absolute Gasteiger partial charge is 0.179 e. The fraction of sp³-hybridized carbons (Fsp3) is 0. The summed E-state index contributed by atoms with van der Waals surface area (Å²) in [5.74, 6) is 1.78. The van der Waals surface area contributed by atoms with E-state index in [1.54, 1.807) is 0 Å². The van der Waals surface area contributed by atoms with E-state index in [9.17, 15) is 5.26 Å². The number of aromatic nitrogens is 4. The van der Waals surface area contributed by atoms with Crippen LogP contribution in [-0.2, 0) is 0 Å². The molecule has 328 valence electrons. The van der Waals surface area contributed by atoms with E-state index in [-0.39, 0.29) is 0 Å². The molecule has 12 rings (SSSR count). The van der Waals surface area contributed by atoms with Gasteiger partial charge in [0.05, 0.1) is 22.7 Å². The lowest BCUT2D eigenvalue weighted by molar-refractivity contribution is 1.07. The molecule has 6 heteroatoms. The number of nitrogens with zero attached hydrogens (tertiary/aromatic N) is 5. The molecule has 10 aromatic carbocycles. The lowest BCUT2D eigenvalue weighted by Crippen LogP contribution is -2.74. The fourth-order valence-electron chi connectivity index (χ4n) is 10.2. The van der Waals surface area contributed by atoms with Crippen LogP contribution in [0.2, 0.25) is 0 Å². The van der Waals surface area contributed by atoms with Crippen LogP contribution >= 0.6 is 0 Å². The van der Waals surface area contributed by atoms with Crippen molar-refractivity contribution in [2.24, 2.45) is 0 Å². The van der Waals surface area contributed by atoms with Gasteiger partial charge in [-0.1, -0.05) is 218 Å². The lowest BCUT2D eigenvalue weighted by Gasteiger charge is -2.34. The molecule has 0 bridgehead atoms. The van der Waals surface area contributed by atoms with Crippen LogP contribution in [0.3, 0.4) is 0 Å². The highest BCUT2D eigenvalue weighted by atomic mass is 28.3. The molecule has 0 amide bonds. The standard InChI is InChI=1S/C64H43N5Si/c65-44-45-20-18-25-48(40-45)49-36-39-61-58(42-49)57-34-16-17-35-60(57)69(61)51-37-38-56(59(43-51)64-67-62(46-21-6-1-7-22-46)66-63(68-64)47-23-8-2-9-24-47)50-26-19-33-55(41-50)70(52-27-10-3-11-28-52,53-29-12-4-13-30-53)54-31-14-5-15-32-54/h1-43H. The van der Waals surface area contributed by atoms with E-state index >= 15 is 0 Å². The Bertz CT molecular complexity index is 3730. The Kier molecular flexibility index (Phi) is 10.9. The SMILES string of the molecule is N#Cc1cccc(-c2ccc3c(c2)c2ccccc2n3-c2ccc(-c3cccc([Si](c4ccccc4)(c4ccccc4)c4ccccc4)c3)c(-c3nc(-c4ccccc4)nc(-c4ccccc4)n3)c2)c1. The van der Waals surface area contributed by atoms with Crippen molar-refractivity contribution in [1.29, 1.82) is 5.26 Å². The molecule has 2 aromatic heterocycles. The zero-order chi connectivity index (χ0) is 46.9. The van der Waals surface area contributed by atoms with Crippen molar-refractivity contribution in [1.82, 2.24) is 19.5 Å². The van der Waals surface area contributed by atoms with Crippen molar-refractivity contribution in [2.45, 2.75) is 0 Å². The maximum absolute atomic E-state index is 9.72. The molecule has 0 aliphatic heterocycles. The monoisotopic (exact) mass is 909 g/mol. The first-order valence-corrected chi connectivity index (χ1v) is 25.5. The second-order valence-corrected chi connectivity index (χ2v) is 21.3. The molecule has 0 aliphatic carbocycles. The number of para-hydroxylation sites is 1. The molecule has 2 heterocycles. The number of hydrogen-bond donors (Lipinski definition) is 0. The molecule has 0 fully saturated rings. The van der Waals surface area contributed by atoms with Gasteiger partial charge in [-0.15, -0.1) is 0 Å². The van der Waals surface area contributed by atoms with Crippen LogP contribution in [0.1, 0.15) is 5.56 Å². The first-order chi connectivity index (χ1) is 34.7. The molecule has 5 nitrogen and oxygen atoms in total. The van der Waals surface area contributed by atoms with Gasteiger partial charge in [-0.2, -0.15) is 5.26 Å². The van der Waals surface area contributed by atoms with Gasteiger partial charge in [0.15, 0.2) is 25.5 Å². The van der Waals surface area contributed by atoms with Crippen molar-refractivity contribution < 1.29 is 0 Å². The molecule has 0 unspecified atom stereocenters. The maximum atomic E-state index is 9.72. The molecule has 12 aromatic rings. The Morgan fingerprint density at radius 1 is 0.329 bits per heavy atom. The Balaban J connectivity index is 1.12. The zero-order valence-corrected chi connectivity index (χ0v) is 39.1. The quantitative estimate of drug-likeness (QED) is 0.101. The summed E-state index contributed by atoms with van der Waals surface area (Å²) in [5, 5.41) is 17.2. The van der Waals surface area contributed by atoms with Gasteiger partial charge in [0.1, 0.15) is 0 Å². The molecule has 0 radical (unpaired) electrons. The number of rotatable bonds is 10. The van der Waals surface area contributed by atoms with Crippen LogP contribution in [0.5, 0.6) is 0 Å². The van der Waals surface area contributed by atoms with Crippen molar-refractivity contribution >= 4 is 50.6 Å². The minimum Gasteiger partial charge on any atom is -0.309 e. The second-order valence-electron chi connectivity index (χ2n) is 17.5. The normalized spacial score (nSPS) is 11.4. The van der Waals surface area contributed by atoms with Crippen LogP contribution in [0.15, 0.2) is 261 Å². The molecule has 0 saturated carbocycles. The first-order valence-electron chi connectivity index (χ1n) is 23.5. The van der Waals surface area contributed by atoms with Gasteiger partial charge in [-0.25, -0.2) is 15.0 Å². The van der Waals surface area contributed by atoms with E-state index in [0.29, 0.717) is 23.0 Å². The molecular formula is C64H43N5Si. The van der Waals surface area contributed by atoms with Crippen molar-refractivity contribution in [2.75, 3.05) is 0 Å². The molecule has 0 aliphatic rings. The predicted molar refractivity (Wildman–Crippen MR) is 290 cm³/mol. The van der Waals surface area contributed by atoms with Crippen LogP contribution in [-0.4, -0.2) is 27.6 Å². The van der Waals surface area contributed by atoms with Crippen molar-refractivity contribution in [3.8, 4) is 68.2 Å². The van der Waals surface area contributed by atoms with Crippen molar-refractivity contribution in [3.63, 3.8) is 0 Å². The number of hydrogen-bond acceptors (Lipinski definition) is 4. The highest BCUT2D eigenvalue weighted by molar-refractivity contribution is 7.19. The van der Waals surface area contributed by atoms with E-state index in [1.165, 1.54) is 20.7 Å². The van der Waals surface area contributed by atoms with Gasteiger partial charge in [0, 0.05) is 33.2 Å². The third-order valence-electron chi connectivity index (χ3n) is 13.4. The average molecular weight is 910 g/mol. The lowest BCUT2D eigenvalue weighted by atomic mass is 9.98. The Hall–Kier alpha value is -9.28. The topological polar surface area (TPSA) is 67.4 Å². The van der Waals surface area contributed by atoms with Gasteiger partial charge >= 0.3 is 0 Å². The third kappa shape index (κ3) is 7.48. The Morgan fingerprint density at radius 3 is 1.43 bits per heavy atom. The molecular weight excluding hydrogens is 867 g/mol. The summed E-state index contributed by atoms with van der Waals surface area (Å²) in [7, 11) is -2.88. The number of nitriles is 1. The highest BCUT2D eigenvalue weighted by Crippen LogP contribution is 2.39. The highest BCUT2D eigenvalue weighted by Gasteiger charge is 2.41. The summed E-state index contributed by atoms with van der Waals surface area (Å²) < 4.78 is 2.35. The molecule has 0 N–H and O–H groups in total. The molecule has 0 saturated heterocycles. The summed E-state index contributed by atoms with van der Waals surface area (Å²) in [4.78, 5) is 15.8. The largest absolute Gasteiger partial charge is 0.309 e. The third-order valence-corrected chi connectivity index (χ3v) is 18.2. The summed E-state index contributed by atoms with van der Waals surface area (Å²) in [5.41, 5.74) is 10.6. The Morgan fingerprint density at radius 2 is 0.814 bits per heavy atom. The van der Waals surface area contributed by atoms with E-state index in [4.69, 9.17) is 15.0 Å². The van der Waals surface area contributed by atoms with Crippen molar-refractivity contribution in [3.05, 3.63) is 266 Å². The van der Waals surface area contributed by atoms with Gasteiger partial charge in [0.25, 0.3) is 0 Å². The van der Waals surface area contributed by atoms with Crippen LogP contribution in [0, 0.1) is 11.3 Å². The van der Waals surface area contributed by atoms with Crippen LogP contribution < -0.4 is 20.7 Å². The first kappa shape index (κ1) is 42.1. The molecule has 0 spiro atoms. The minimum absolute atomic E-state index is 0.577. The van der Waals surface area contributed by atoms with Gasteiger partial charge in [-0.3, -0.25) is 0 Å². The van der Waals surface area contributed by atoms with Crippen LogP contribution in [0.4, 0.5) is 0 Å². The summed E-state index contributed by atoms with van der Waals surface area (Å²) in [6, 6.07) is 94.7. The average Bonchev–Trinajstić information content (AvgIpc) is 3.78. The van der Waals surface area contributed by atoms with E-state index in [1.807, 2.05) is 54.6 Å². The summed E-state index contributed by atoms with van der Waals surface area (Å²) >= 11 is 0. The van der Waals surface area contributed by atoms with Gasteiger partial charge < -0.3 is 4.57 Å². The fourth-order valence-corrected chi connectivity index (χ4v) is 15.0. The van der Waals surface area contributed by atoms with Gasteiger partial charge in [0.2, 0.25) is 0 Å². The second kappa shape index (κ2) is 18.1. The van der Waals surface area contributed by atoms with E-state index < -0.39 is 8.07 Å². The summed E-state index contributed by atoms with van der Waals surface area (Å²) in [6.45, 7) is 0. The number of fused-ring (bicyclic) bond motifs is 3. The predicted octanol–water partition coefficient (Wildman–Crippen LogP) is 12.6. The Labute approximate surface area is 408 Å².